The Bertz CT molecular complexity index is 797. The van der Waals surface area contributed by atoms with Crippen LogP contribution in [0.5, 0.6) is 11.5 Å². The van der Waals surface area contributed by atoms with Crippen molar-refractivity contribution in [3.8, 4) is 23.3 Å². The van der Waals surface area contributed by atoms with Crippen LogP contribution in [0.15, 0.2) is 42.5 Å². The highest BCUT2D eigenvalue weighted by atomic mass is 19.1. The predicted octanol–water partition coefficient (Wildman–Crippen LogP) is 3.18. The number of hydrogen-bond donors (Lipinski definition) is 1. The Kier molecular flexibility index (Phi) is 6.78. The average molecular weight is 345 g/mol. The van der Waals surface area contributed by atoms with Gasteiger partial charge in [-0.2, -0.15) is 0 Å². The van der Waals surface area contributed by atoms with Gasteiger partial charge in [0.15, 0.2) is 11.6 Å². The first-order valence-electron chi connectivity index (χ1n) is 7.65. The fraction of sp³-hybridized carbons (Fsp3) is 0.211. The number of amides is 1. The number of ether oxygens (including phenoxy) is 2. The second-order valence-electron chi connectivity index (χ2n) is 4.83. The summed E-state index contributed by atoms with van der Waals surface area (Å²) in [4.78, 5) is 12.1. The Morgan fingerprint density at radius 3 is 2.64 bits per heavy atom. The Hall–Kier alpha value is -3.07. The van der Waals surface area contributed by atoms with Crippen molar-refractivity contribution in [1.29, 1.82) is 0 Å². The lowest BCUT2D eigenvalue weighted by molar-refractivity contribution is 0.0955. The van der Waals surface area contributed by atoms with Crippen LogP contribution >= 0.6 is 0 Å². The van der Waals surface area contributed by atoms with E-state index in [4.69, 9.17) is 9.47 Å². The molecule has 0 heterocycles. The fourth-order valence-electron chi connectivity index (χ4n) is 1.97. The number of rotatable bonds is 6. The van der Waals surface area contributed by atoms with Gasteiger partial charge in [-0.25, -0.2) is 8.78 Å². The summed E-state index contributed by atoms with van der Waals surface area (Å²) in [6.07, 6.45) is 0. The zero-order valence-corrected chi connectivity index (χ0v) is 13.6. The largest absolute Gasteiger partial charge is 0.493 e. The Morgan fingerprint density at radius 2 is 1.88 bits per heavy atom. The van der Waals surface area contributed by atoms with E-state index < -0.39 is 11.6 Å². The number of halogens is 2. The molecule has 2 aromatic carbocycles. The van der Waals surface area contributed by atoms with Gasteiger partial charge >= 0.3 is 0 Å². The molecule has 0 bridgehead atoms. The van der Waals surface area contributed by atoms with Gasteiger partial charge in [0.05, 0.1) is 18.7 Å². The molecule has 0 aromatic heterocycles. The van der Waals surface area contributed by atoms with Gasteiger partial charge in [-0.1, -0.05) is 24.0 Å². The minimum Gasteiger partial charge on any atom is -0.493 e. The van der Waals surface area contributed by atoms with Gasteiger partial charge in [0.25, 0.3) is 5.91 Å². The minimum absolute atomic E-state index is 0.0754. The Morgan fingerprint density at radius 1 is 1.08 bits per heavy atom. The smallest absolute Gasteiger partial charge is 0.255 e. The summed E-state index contributed by atoms with van der Waals surface area (Å²) in [6, 6.07) is 9.94. The maximum absolute atomic E-state index is 13.3. The Balaban J connectivity index is 1.81. The molecule has 0 saturated heterocycles. The summed E-state index contributed by atoms with van der Waals surface area (Å²) in [5.41, 5.74) is 0.427. The number of benzene rings is 2. The molecule has 1 amide bonds. The first-order valence-corrected chi connectivity index (χ1v) is 7.65. The van der Waals surface area contributed by atoms with Crippen molar-refractivity contribution >= 4 is 5.91 Å². The molecular formula is C19H17F2NO3. The van der Waals surface area contributed by atoms with Crippen molar-refractivity contribution in [1.82, 2.24) is 5.32 Å². The van der Waals surface area contributed by atoms with Crippen LogP contribution in [0.25, 0.3) is 0 Å². The molecule has 0 spiro atoms. The van der Waals surface area contributed by atoms with Crippen molar-refractivity contribution in [3.63, 3.8) is 0 Å². The molecule has 0 aliphatic carbocycles. The van der Waals surface area contributed by atoms with Crippen LogP contribution < -0.4 is 14.8 Å². The van der Waals surface area contributed by atoms with E-state index in [1.165, 1.54) is 6.07 Å². The second-order valence-corrected chi connectivity index (χ2v) is 4.83. The highest BCUT2D eigenvalue weighted by Crippen LogP contribution is 2.18. The summed E-state index contributed by atoms with van der Waals surface area (Å²) < 4.78 is 36.6. The number of carbonyl (C=O) groups excluding carboxylic acids is 1. The lowest BCUT2D eigenvalue weighted by Gasteiger charge is -2.08. The van der Waals surface area contributed by atoms with Gasteiger partial charge in [-0.15, -0.1) is 0 Å². The first kappa shape index (κ1) is 18.3. The third kappa shape index (κ3) is 5.50. The van der Waals surface area contributed by atoms with E-state index >= 15 is 0 Å². The molecule has 6 heteroatoms. The summed E-state index contributed by atoms with van der Waals surface area (Å²) >= 11 is 0. The lowest BCUT2D eigenvalue weighted by atomic mass is 10.2. The minimum atomic E-state index is -0.789. The van der Waals surface area contributed by atoms with Gasteiger partial charge in [0.2, 0.25) is 0 Å². The quantitative estimate of drug-likeness (QED) is 0.818. The van der Waals surface area contributed by atoms with Crippen LogP contribution in [-0.4, -0.2) is 25.7 Å². The molecule has 0 aliphatic heterocycles. The molecule has 1 N–H and O–H groups in total. The lowest BCUT2D eigenvalue weighted by Crippen LogP contribution is -2.24. The van der Waals surface area contributed by atoms with Crippen molar-refractivity contribution < 1.29 is 23.0 Å². The van der Waals surface area contributed by atoms with Gasteiger partial charge in [-0.3, -0.25) is 4.79 Å². The fourth-order valence-corrected chi connectivity index (χ4v) is 1.97. The highest BCUT2D eigenvalue weighted by molar-refractivity contribution is 5.97. The molecule has 0 saturated carbocycles. The van der Waals surface area contributed by atoms with Crippen molar-refractivity contribution in [2.45, 2.75) is 6.92 Å². The van der Waals surface area contributed by atoms with Crippen LogP contribution in [0.4, 0.5) is 8.78 Å². The maximum Gasteiger partial charge on any atom is 0.255 e. The van der Waals surface area contributed by atoms with Crippen LogP contribution in [-0.2, 0) is 0 Å². The average Bonchev–Trinajstić information content (AvgIpc) is 2.60. The third-order valence-corrected chi connectivity index (χ3v) is 3.09. The van der Waals surface area contributed by atoms with Gasteiger partial charge < -0.3 is 14.8 Å². The molecule has 4 nitrogen and oxygen atoms in total. The van der Waals surface area contributed by atoms with Crippen LogP contribution in [0.2, 0.25) is 0 Å². The summed E-state index contributed by atoms with van der Waals surface area (Å²) in [7, 11) is 0. The molecule has 0 atom stereocenters. The molecule has 0 unspecified atom stereocenters. The van der Waals surface area contributed by atoms with E-state index in [9.17, 15) is 13.6 Å². The van der Waals surface area contributed by atoms with E-state index in [-0.39, 0.29) is 24.8 Å². The van der Waals surface area contributed by atoms with E-state index in [0.29, 0.717) is 17.9 Å². The molecule has 25 heavy (non-hydrogen) atoms. The van der Waals surface area contributed by atoms with E-state index in [1.807, 2.05) is 6.92 Å². The number of para-hydroxylation sites is 1. The molecule has 2 aromatic rings. The van der Waals surface area contributed by atoms with E-state index in [1.54, 1.807) is 24.3 Å². The third-order valence-electron chi connectivity index (χ3n) is 3.09. The number of nitrogens with one attached hydrogen (secondary N) is 1. The molecule has 0 radical (unpaired) electrons. The number of carbonyl (C=O) groups is 1. The molecule has 0 aliphatic rings. The van der Waals surface area contributed by atoms with Crippen LogP contribution in [0.3, 0.4) is 0 Å². The normalized spacial score (nSPS) is 9.72. The van der Waals surface area contributed by atoms with Crippen molar-refractivity contribution in [2.75, 3.05) is 19.8 Å². The molecule has 0 fully saturated rings. The standard InChI is InChI=1S/C19H17F2NO3/c1-2-24-17-8-4-3-7-15(17)19(23)22-11-5-6-12-25-18-10-9-14(20)13-16(18)21/h3-4,7-10,13H,2,11-12H2,1H3,(H,22,23). The summed E-state index contributed by atoms with van der Waals surface area (Å²) in [5.74, 6) is 4.00. The SMILES string of the molecule is CCOc1ccccc1C(=O)NCC#CCOc1ccc(F)cc1F. The molecular weight excluding hydrogens is 328 g/mol. The summed E-state index contributed by atoms with van der Waals surface area (Å²) in [6.45, 7) is 2.33. The van der Waals surface area contributed by atoms with Gasteiger partial charge in [-0.05, 0) is 31.2 Å². The van der Waals surface area contributed by atoms with Crippen molar-refractivity contribution in [2.24, 2.45) is 0 Å². The molecule has 130 valence electrons. The zero-order valence-electron chi connectivity index (χ0n) is 13.6. The van der Waals surface area contributed by atoms with E-state index in [0.717, 1.165) is 12.1 Å². The molecule has 2 rings (SSSR count). The van der Waals surface area contributed by atoms with Crippen LogP contribution in [0.1, 0.15) is 17.3 Å². The number of hydrogen-bond acceptors (Lipinski definition) is 3. The zero-order chi connectivity index (χ0) is 18.1. The van der Waals surface area contributed by atoms with Crippen LogP contribution in [0, 0.1) is 23.5 Å². The monoisotopic (exact) mass is 345 g/mol. The van der Waals surface area contributed by atoms with Gasteiger partial charge in [0, 0.05) is 6.07 Å². The first-order chi connectivity index (χ1) is 12.1. The second kappa shape index (κ2) is 9.28. The Labute approximate surface area is 144 Å². The predicted molar refractivity (Wildman–Crippen MR) is 89.6 cm³/mol. The van der Waals surface area contributed by atoms with Crippen molar-refractivity contribution in [3.05, 3.63) is 59.7 Å². The topological polar surface area (TPSA) is 47.6 Å². The van der Waals surface area contributed by atoms with E-state index in [2.05, 4.69) is 17.2 Å². The summed E-state index contributed by atoms with van der Waals surface area (Å²) in [5, 5.41) is 2.64. The maximum atomic E-state index is 13.3. The van der Waals surface area contributed by atoms with Gasteiger partial charge in [0.1, 0.15) is 18.2 Å². The highest BCUT2D eigenvalue weighted by Gasteiger charge is 2.10.